The number of nitrogens with zero attached hydrogens (tertiary/aromatic N) is 3. The molecule has 1 fully saturated rings. The summed E-state index contributed by atoms with van der Waals surface area (Å²) >= 11 is 6.02. The zero-order chi connectivity index (χ0) is 20.3. The standard InChI is InChI=1S/C20H21ClF3N3O/c1-14(15-5-3-2-4-6-15)11-18(28)26-7-9-27(10-8-26)19-17(21)12-16(13-25-19)20(22,23)24/h2-6,12-14H,7-11H2,1H3/t14-/m0/s1. The largest absolute Gasteiger partial charge is 0.417 e. The van der Waals surface area contributed by atoms with Gasteiger partial charge < -0.3 is 9.80 Å². The molecule has 0 unspecified atom stereocenters. The number of carbonyl (C=O) groups excluding carboxylic acids is 1. The van der Waals surface area contributed by atoms with Gasteiger partial charge in [0.1, 0.15) is 5.82 Å². The lowest BCUT2D eigenvalue weighted by Crippen LogP contribution is -2.49. The molecule has 8 heteroatoms. The van der Waals surface area contributed by atoms with Crippen LogP contribution in [0.5, 0.6) is 0 Å². The first kappa shape index (κ1) is 20.5. The maximum absolute atomic E-state index is 12.8. The Morgan fingerprint density at radius 2 is 1.82 bits per heavy atom. The summed E-state index contributed by atoms with van der Waals surface area (Å²) in [5.74, 6) is 0.514. The van der Waals surface area contributed by atoms with Crippen LogP contribution in [-0.4, -0.2) is 42.0 Å². The fraction of sp³-hybridized carbons (Fsp3) is 0.400. The van der Waals surface area contributed by atoms with Gasteiger partial charge >= 0.3 is 6.18 Å². The smallest absolute Gasteiger partial charge is 0.352 e. The van der Waals surface area contributed by atoms with Crippen LogP contribution in [0.1, 0.15) is 30.4 Å². The van der Waals surface area contributed by atoms with Crippen LogP contribution >= 0.6 is 11.6 Å². The van der Waals surface area contributed by atoms with E-state index in [-0.39, 0.29) is 16.8 Å². The molecule has 1 aliphatic heterocycles. The summed E-state index contributed by atoms with van der Waals surface area (Å²) in [4.78, 5) is 20.1. The number of carbonyl (C=O) groups is 1. The van der Waals surface area contributed by atoms with Crippen molar-refractivity contribution >= 4 is 23.3 Å². The van der Waals surface area contributed by atoms with Crippen LogP contribution in [0.25, 0.3) is 0 Å². The first-order valence-corrected chi connectivity index (χ1v) is 9.44. The molecule has 28 heavy (non-hydrogen) atoms. The highest BCUT2D eigenvalue weighted by Crippen LogP contribution is 2.33. The lowest BCUT2D eigenvalue weighted by atomic mass is 9.97. The van der Waals surface area contributed by atoms with E-state index in [1.807, 2.05) is 42.2 Å². The number of pyridine rings is 1. The molecule has 0 saturated carbocycles. The molecule has 3 rings (SSSR count). The molecule has 0 spiro atoms. The summed E-state index contributed by atoms with van der Waals surface area (Å²) < 4.78 is 38.3. The summed E-state index contributed by atoms with van der Waals surface area (Å²) in [6.45, 7) is 3.95. The summed E-state index contributed by atoms with van der Waals surface area (Å²) in [7, 11) is 0. The quantitative estimate of drug-likeness (QED) is 0.738. The van der Waals surface area contributed by atoms with Gasteiger partial charge in [-0.2, -0.15) is 13.2 Å². The third-order valence-electron chi connectivity index (χ3n) is 4.93. The lowest BCUT2D eigenvalue weighted by Gasteiger charge is -2.36. The summed E-state index contributed by atoms with van der Waals surface area (Å²) in [5.41, 5.74) is 0.250. The first-order valence-electron chi connectivity index (χ1n) is 9.06. The van der Waals surface area contributed by atoms with Gasteiger partial charge in [-0.15, -0.1) is 0 Å². The minimum Gasteiger partial charge on any atom is -0.352 e. The minimum absolute atomic E-state index is 0.0349. The summed E-state index contributed by atoms with van der Waals surface area (Å²) in [6, 6.07) is 10.8. The van der Waals surface area contributed by atoms with Crippen molar-refractivity contribution in [1.29, 1.82) is 0 Å². The molecule has 0 N–H and O–H groups in total. The highest BCUT2D eigenvalue weighted by Gasteiger charge is 2.32. The average molecular weight is 412 g/mol. The Balaban J connectivity index is 1.58. The molecular weight excluding hydrogens is 391 g/mol. The summed E-state index contributed by atoms with van der Waals surface area (Å²) in [6.07, 6.45) is -3.26. The second-order valence-electron chi connectivity index (χ2n) is 6.91. The van der Waals surface area contributed by atoms with Gasteiger partial charge in [0.05, 0.1) is 10.6 Å². The fourth-order valence-electron chi connectivity index (χ4n) is 3.28. The number of anilines is 1. The Bertz CT molecular complexity index is 821. The van der Waals surface area contributed by atoms with Gasteiger partial charge in [-0.3, -0.25) is 4.79 Å². The fourth-order valence-corrected chi connectivity index (χ4v) is 3.56. The van der Waals surface area contributed by atoms with Crippen molar-refractivity contribution in [2.45, 2.75) is 25.4 Å². The van der Waals surface area contributed by atoms with Crippen molar-refractivity contribution in [2.75, 3.05) is 31.1 Å². The molecule has 4 nitrogen and oxygen atoms in total. The molecule has 0 bridgehead atoms. The van der Waals surface area contributed by atoms with Crippen LogP contribution in [-0.2, 0) is 11.0 Å². The SMILES string of the molecule is C[C@@H](CC(=O)N1CCN(c2ncc(C(F)(F)F)cc2Cl)CC1)c1ccccc1. The molecular formula is C20H21ClF3N3O. The Labute approximate surface area is 166 Å². The molecule has 1 aromatic heterocycles. The normalized spacial score (nSPS) is 16.2. The number of hydrogen-bond donors (Lipinski definition) is 0. The molecule has 0 aliphatic carbocycles. The van der Waals surface area contributed by atoms with Gasteiger partial charge in [-0.1, -0.05) is 48.9 Å². The van der Waals surface area contributed by atoms with Gasteiger partial charge in [0.2, 0.25) is 5.91 Å². The number of amides is 1. The van der Waals surface area contributed by atoms with Crippen molar-refractivity contribution in [3.05, 3.63) is 58.7 Å². The number of piperazine rings is 1. The van der Waals surface area contributed by atoms with Crippen LogP contribution in [0.3, 0.4) is 0 Å². The highest BCUT2D eigenvalue weighted by atomic mass is 35.5. The zero-order valence-corrected chi connectivity index (χ0v) is 16.2. The molecule has 0 radical (unpaired) electrons. The van der Waals surface area contributed by atoms with Crippen molar-refractivity contribution < 1.29 is 18.0 Å². The Kier molecular flexibility index (Phi) is 6.13. The van der Waals surface area contributed by atoms with E-state index in [0.717, 1.165) is 17.8 Å². The number of benzene rings is 1. The predicted molar refractivity (Wildman–Crippen MR) is 103 cm³/mol. The second kappa shape index (κ2) is 8.39. The Hall–Kier alpha value is -2.28. The van der Waals surface area contributed by atoms with Crippen LogP contribution in [0.4, 0.5) is 19.0 Å². The number of hydrogen-bond acceptors (Lipinski definition) is 3. The van der Waals surface area contributed by atoms with E-state index in [2.05, 4.69) is 4.98 Å². The number of alkyl halides is 3. The third kappa shape index (κ3) is 4.76. The molecule has 1 aromatic carbocycles. The lowest BCUT2D eigenvalue weighted by molar-refractivity contribution is -0.138. The minimum atomic E-state index is -4.48. The molecule has 1 saturated heterocycles. The van der Waals surface area contributed by atoms with Crippen molar-refractivity contribution in [3.8, 4) is 0 Å². The van der Waals surface area contributed by atoms with Crippen LogP contribution in [0, 0.1) is 0 Å². The van der Waals surface area contributed by atoms with E-state index < -0.39 is 11.7 Å². The number of halogens is 4. The van der Waals surface area contributed by atoms with Gasteiger partial charge in [0.15, 0.2) is 0 Å². The van der Waals surface area contributed by atoms with E-state index in [4.69, 9.17) is 11.6 Å². The van der Waals surface area contributed by atoms with Crippen LogP contribution < -0.4 is 4.90 Å². The zero-order valence-electron chi connectivity index (χ0n) is 15.4. The Morgan fingerprint density at radius 3 is 2.39 bits per heavy atom. The van der Waals surface area contributed by atoms with E-state index in [0.29, 0.717) is 38.4 Å². The van der Waals surface area contributed by atoms with E-state index in [9.17, 15) is 18.0 Å². The van der Waals surface area contributed by atoms with Gasteiger partial charge in [-0.05, 0) is 17.5 Å². The maximum atomic E-state index is 12.8. The second-order valence-corrected chi connectivity index (χ2v) is 7.32. The third-order valence-corrected chi connectivity index (χ3v) is 5.21. The van der Waals surface area contributed by atoms with E-state index in [1.165, 1.54) is 0 Å². The molecule has 2 heterocycles. The predicted octanol–water partition coefficient (Wildman–Crippen LogP) is 4.60. The van der Waals surface area contributed by atoms with Gasteiger partial charge in [0, 0.05) is 38.8 Å². The maximum Gasteiger partial charge on any atom is 0.417 e. The van der Waals surface area contributed by atoms with Crippen molar-refractivity contribution in [1.82, 2.24) is 9.88 Å². The topological polar surface area (TPSA) is 36.4 Å². The molecule has 1 atom stereocenters. The van der Waals surface area contributed by atoms with Crippen molar-refractivity contribution in [3.63, 3.8) is 0 Å². The van der Waals surface area contributed by atoms with Crippen molar-refractivity contribution in [2.24, 2.45) is 0 Å². The highest BCUT2D eigenvalue weighted by molar-refractivity contribution is 6.33. The van der Waals surface area contributed by atoms with Crippen LogP contribution in [0.15, 0.2) is 42.6 Å². The first-order chi connectivity index (χ1) is 13.3. The Morgan fingerprint density at radius 1 is 1.18 bits per heavy atom. The monoisotopic (exact) mass is 411 g/mol. The molecule has 1 amide bonds. The average Bonchev–Trinajstić information content (AvgIpc) is 2.68. The molecule has 2 aromatic rings. The van der Waals surface area contributed by atoms with Gasteiger partial charge in [-0.25, -0.2) is 4.98 Å². The van der Waals surface area contributed by atoms with E-state index in [1.54, 1.807) is 4.90 Å². The van der Waals surface area contributed by atoms with Crippen LogP contribution in [0.2, 0.25) is 5.02 Å². The van der Waals surface area contributed by atoms with E-state index >= 15 is 0 Å². The molecule has 150 valence electrons. The summed E-state index contributed by atoms with van der Waals surface area (Å²) in [5, 5.41) is -0.0349. The molecule has 1 aliphatic rings. The number of rotatable bonds is 4. The van der Waals surface area contributed by atoms with Gasteiger partial charge in [0.25, 0.3) is 0 Å². The number of aromatic nitrogens is 1.